The van der Waals surface area contributed by atoms with Crippen LogP contribution in [-0.2, 0) is 11.3 Å². The van der Waals surface area contributed by atoms with Crippen molar-refractivity contribution in [3.63, 3.8) is 0 Å². The molecular weight excluding hydrogens is 246 g/mol. The molecule has 0 aliphatic carbocycles. The van der Waals surface area contributed by atoms with E-state index in [1.54, 1.807) is 11.3 Å². The Morgan fingerprint density at radius 2 is 2.50 bits per heavy atom. The van der Waals surface area contributed by atoms with Crippen molar-refractivity contribution in [1.29, 1.82) is 0 Å². The number of thiophene rings is 1. The van der Waals surface area contributed by atoms with Crippen LogP contribution in [-0.4, -0.2) is 28.6 Å². The maximum Gasteiger partial charge on any atom is 0.308 e. The van der Waals surface area contributed by atoms with E-state index in [1.807, 2.05) is 18.4 Å². The van der Waals surface area contributed by atoms with E-state index in [0.717, 1.165) is 24.5 Å². The summed E-state index contributed by atoms with van der Waals surface area (Å²) < 4.78 is 0. The molecule has 16 heavy (non-hydrogen) atoms. The summed E-state index contributed by atoms with van der Waals surface area (Å²) in [6.07, 6.45) is 0.746. The second kappa shape index (κ2) is 4.73. The summed E-state index contributed by atoms with van der Waals surface area (Å²) in [6, 6.07) is 2.06. The molecule has 1 fully saturated rings. The van der Waals surface area contributed by atoms with E-state index in [0.29, 0.717) is 0 Å². The van der Waals surface area contributed by atoms with Gasteiger partial charge in [0.15, 0.2) is 0 Å². The number of carboxylic acids is 1. The molecule has 0 saturated carbocycles. The summed E-state index contributed by atoms with van der Waals surface area (Å²) >= 11 is 7.49. The average molecular weight is 260 g/mol. The Morgan fingerprint density at radius 3 is 3.00 bits per heavy atom. The number of halogens is 1. The zero-order chi connectivity index (χ0) is 11.7. The van der Waals surface area contributed by atoms with Crippen LogP contribution in [0.2, 0.25) is 5.02 Å². The quantitative estimate of drug-likeness (QED) is 0.907. The third kappa shape index (κ3) is 2.39. The van der Waals surface area contributed by atoms with Gasteiger partial charge in [0, 0.05) is 22.8 Å². The van der Waals surface area contributed by atoms with Crippen LogP contribution in [0.1, 0.15) is 18.2 Å². The van der Waals surface area contributed by atoms with Crippen LogP contribution in [0.4, 0.5) is 0 Å². The van der Waals surface area contributed by atoms with Crippen molar-refractivity contribution >= 4 is 28.9 Å². The molecule has 2 heterocycles. The maximum atomic E-state index is 11.0. The zero-order valence-electron chi connectivity index (χ0n) is 9.02. The standard InChI is InChI=1S/C11H14ClNO2S/c1-7-10(11(14)15)2-3-13(7)5-9-4-8(12)6-16-9/h4,6-7,10H,2-3,5H2,1H3,(H,14,15). The van der Waals surface area contributed by atoms with Gasteiger partial charge in [-0.05, 0) is 26.0 Å². The molecule has 0 aromatic carbocycles. The molecule has 0 spiro atoms. The molecule has 2 unspecified atom stereocenters. The van der Waals surface area contributed by atoms with E-state index < -0.39 is 5.97 Å². The summed E-state index contributed by atoms with van der Waals surface area (Å²) in [5.74, 6) is -0.908. The fraction of sp³-hybridized carbons (Fsp3) is 0.545. The molecule has 1 saturated heterocycles. The van der Waals surface area contributed by atoms with Gasteiger partial charge in [0.25, 0.3) is 0 Å². The van der Waals surface area contributed by atoms with Crippen molar-refractivity contribution in [3.05, 3.63) is 21.3 Å². The molecule has 1 aromatic heterocycles. The van der Waals surface area contributed by atoms with E-state index in [4.69, 9.17) is 16.7 Å². The second-order valence-electron chi connectivity index (χ2n) is 4.18. The number of rotatable bonds is 3. The highest BCUT2D eigenvalue weighted by atomic mass is 35.5. The predicted molar refractivity (Wildman–Crippen MR) is 64.9 cm³/mol. The monoisotopic (exact) mass is 259 g/mol. The molecule has 1 aliphatic rings. The van der Waals surface area contributed by atoms with E-state index in [9.17, 15) is 4.79 Å². The van der Waals surface area contributed by atoms with Crippen molar-refractivity contribution in [2.45, 2.75) is 25.9 Å². The van der Waals surface area contributed by atoms with Crippen molar-refractivity contribution in [2.75, 3.05) is 6.54 Å². The molecule has 1 aliphatic heterocycles. The van der Waals surface area contributed by atoms with Crippen LogP contribution in [0.25, 0.3) is 0 Å². The van der Waals surface area contributed by atoms with Crippen LogP contribution < -0.4 is 0 Å². The number of carbonyl (C=O) groups is 1. The number of nitrogens with zero attached hydrogens (tertiary/aromatic N) is 1. The molecule has 2 atom stereocenters. The van der Waals surface area contributed by atoms with Gasteiger partial charge >= 0.3 is 5.97 Å². The molecule has 3 nitrogen and oxygen atoms in total. The van der Waals surface area contributed by atoms with Crippen LogP contribution >= 0.6 is 22.9 Å². The largest absolute Gasteiger partial charge is 0.481 e. The van der Waals surface area contributed by atoms with Crippen molar-refractivity contribution in [2.24, 2.45) is 5.92 Å². The van der Waals surface area contributed by atoms with Crippen molar-refractivity contribution < 1.29 is 9.90 Å². The Bertz CT molecular complexity index is 393. The topological polar surface area (TPSA) is 40.5 Å². The fourth-order valence-corrected chi connectivity index (χ4v) is 3.29. The van der Waals surface area contributed by atoms with E-state index in [2.05, 4.69) is 4.90 Å². The predicted octanol–water partition coefficient (Wildman–Crippen LogP) is 2.70. The molecule has 0 radical (unpaired) electrons. The summed E-state index contributed by atoms with van der Waals surface area (Å²) in [6.45, 7) is 3.65. The summed E-state index contributed by atoms with van der Waals surface area (Å²) in [7, 11) is 0. The highest BCUT2D eigenvalue weighted by Crippen LogP contribution is 2.28. The Morgan fingerprint density at radius 1 is 1.75 bits per heavy atom. The zero-order valence-corrected chi connectivity index (χ0v) is 10.6. The van der Waals surface area contributed by atoms with Crippen molar-refractivity contribution in [1.82, 2.24) is 4.90 Å². The summed E-state index contributed by atoms with van der Waals surface area (Å²) in [4.78, 5) is 14.4. The number of likely N-dealkylation sites (tertiary alicyclic amines) is 1. The van der Waals surface area contributed by atoms with Crippen LogP contribution in [0, 0.1) is 5.92 Å². The lowest BCUT2D eigenvalue weighted by atomic mass is 10.0. The minimum atomic E-state index is -0.681. The number of carboxylic acid groups (broad SMARTS) is 1. The Kier molecular flexibility index (Phi) is 3.52. The minimum absolute atomic E-state index is 0.110. The van der Waals surface area contributed by atoms with Gasteiger partial charge in [-0.15, -0.1) is 11.3 Å². The fourth-order valence-electron chi connectivity index (χ4n) is 2.19. The summed E-state index contributed by atoms with van der Waals surface area (Å²) in [5.41, 5.74) is 0. The number of hydrogen-bond donors (Lipinski definition) is 1. The molecule has 1 N–H and O–H groups in total. The molecular formula is C11H14ClNO2S. The van der Waals surface area contributed by atoms with Crippen LogP contribution in [0.15, 0.2) is 11.4 Å². The van der Waals surface area contributed by atoms with Gasteiger partial charge in [0.1, 0.15) is 0 Å². The smallest absolute Gasteiger partial charge is 0.308 e. The molecule has 5 heteroatoms. The highest BCUT2D eigenvalue weighted by Gasteiger charge is 2.35. The lowest BCUT2D eigenvalue weighted by Crippen LogP contribution is -2.32. The first-order chi connectivity index (χ1) is 7.58. The maximum absolute atomic E-state index is 11.0. The van der Waals surface area contributed by atoms with E-state index in [-0.39, 0.29) is 12.0 Å². The van der Waals surface area contributed by atoms with Crippen LogP contribution in [0.5, 0.6) is 0 Å². The number of aliphatic carboxylic acids is 1. The van der Waals surface area contributed by atoms with E-state index in [1.165, 1.54) is 4.88 Å². The lowest BCUT2D eigenvalue weighted by Gasteiger charge is -2.22. The Balaban J connectivity index is 2.00. The third-order valence-corrected chi connectivity index (χ3v) is 4.45. The van der Waals surface area contributed by atoms with Gasteiger partial charge in [-0.3, -0.25) is 9.69 Å². The van der Waals surface area contributed by atoms with Gasteiger partial charge in [0.05, 0.1) is 10.9 Å². The lowest BCUT2D eigenvalue weighted by molar-refractivity contribution is -0.142. The Hall–Kier alpha value is -0.580. The van der Waals surface area contributed by atoms with Crippen molar-refractivity contribution in [3.8, 4) is 0 Å². The molecule has 0 bridgehead atoms. The first-order valence-corrected chi connectivity index (χ1v) is 6.53. The summed E-state index contributed by atoms with van der Waals surface area (Å²) in [5, 5.41) is 11.7. The van der Waals surface area contributed by atoms with Gasteiger partial charge < -0.3 is 5.11 Å². The second-order valence-corrected chi connectivity index (χ2v) is 5.61. The molecule has 0 amide bonds. The highest BCUT2D eigenvalue weighted by molar-refractivity contribution is 7.10. The first kappa shape index (κ1) is 11.9. The molecule has 88 valence electrons. The van der Waals surface area contributed by atoms with Gasteiger partial charge in [-0.1, -0.05) is 11.6 Å². The van der Waals surface area contributed by atoms with Crippen LogP contribution in [0.3, 0.4) is 0 Å². The SMILES string of the molecule is CC1C(C(=O)O)CCN1Cc1cc(Cl)cs1. The molecule has 2 rings (SSSR count). The van der Waals surface area contributed by atoms with Gasteiger partial charge in [-0.2, -0.15) is 0 Å². The third-order valence-electron chi connectivity index (χ3n) is 3.18. The Labute approximate surface area is 104 Å². The minimum Gasteiger partial charge on any atom is -0.481 e. The van der Waals surface area contributed by atoms with Gasteiger partial charge in [-0.25, -0.2) is 0 Å². The normalized spacial score (nSPS) is 26.1. The molecule has 1 aromatic rings. The van der Waals surface area contributed by atoms with Gasteiger partial charge in [0.2, 0.25) is 0 Å². The first-order valence-electron chi connectivity index (χ1n) is 5.27. The number of hydrogen-bond acceptors (Lipinski definition) is 3. The average Bonchev–Trinajstić information content (AvgIpc) is 2.76. The van der Waals surface area contributed by atoms with E-state index >= 15 is 0 Å².